The molecule has 0 radical (unpaired) electrons. The topological polar surface area (TPSA) is 38.3 Å². The Balaban J connectivity index is 2.12. The van der Waals surface area contributed by atoms with Crippen LogP contribution in [-0.2, 0) is 5.41 Å². The fourth-order valence-corrected chi connectivity index (χ4v) is 2.02. The van der Waals surface area contributed by atoms with E-state index in [1.807, 2.05) is 30.3 Å². The van der Waals surface area contributed by atoms with E-state index in [9.17, 15) is 4.79 Å². The number of carbonyl (C=O) groups excluding carboxylic acids is 1. The van der Waals surface area contributed by atoms with E-state index in [1.165, 1.54) is 5.56 Å². The molecule has 110 valence electrons. The molecule has 0 aliphatic rings. The lowest BCUT2D eigenvalue weighted by molar-refractivity contribution is 0.102. The molecule has 1 amide bonds. The van der Waals surface area contributed by atoms with Gasteiger partial charge in [0.2, 0.25) is 0 Å². The Kier molecular flexibility index (Phi) is 4.32. The number of amides is 1. The van der Waals surface area contributed by atoms with Crippen LogP contribution in [0, 0.1) is 0 Å². The van der Waals surface area contributed by atoms with Gasteiger partial charge < -0.3 is 10.1 Å². The molecule has 0 saturated carbocycles. The zero-order valence-corrected chi connectivity index (χ0v) is 12.9. The minimum absolute atomic E-state index is 0.106. The third-order valence-corrected chi connectivity index (χ3v) is 3.34. The number of carbonyl (C=O) groups is 1. The van der Waals surface area contributed by atoms with Crippen molar-refractivity contribution in [3.63, 3.8) is 0 Å². The quantitative estimate of drug-likeness (QED) is 0.914. The van der Waals surface area contributed by atoms with Crippen LogP contribution >= 0.6 is 0 Å². The Hall–Kier alpha value is -2.29. The van der Waals surface area contributed by atoms with Crippen LogP contribution in [0.2, 0.25) is 0 Å². The van der Waals surface area contributed by atoms with Crippen LogP contribution in [0.3, 0.4) is 0 Å². The Morgan fingerprint density at radius 2 is 1.71 bits per heavy atom. The number of anilines is 1. The van der Waals surface area contributed by atoms with Crippen molar-refractivity contribution in [2.45, 2.75) is 26.2 Å². The van der Waals surface area contributed by atoms with Crippen molar-refractivity contribution in [2.75, 3.05) is 12.4 Å². The first-order valence-corrected chi connectivity index (χ1v) is 6.96. The van der Waals surface area contributed by atoms with Crippen molar-refractivity contribution in [3.8, 4) is 5.75 Å². The summed E-state index contributed by atoms with van der Waals surface area (Å²) in [5.74, 6) is 0.531. The van der Waals surface area contributed by atoms with Gasteiger partial charge in [0.05, 0.1) is 7.11 Å². The van der Waals surface area contributed by atoms with Gasteiger partial charge >= 0.3 is 0 Å². The molecule has 0 bridgehead atoms. The summed E-state index contributed by atoms with van der Waals surface area (Å²) in [7, 11) is 1.59. The summed E-state index contributed by atoms with van der Waals surface area (Å²) in [6.45, 7) is 6.49. The van der Waals surface area contributed by atoms with E-state index in [-0.39, 0.29) is 11.3 Å². The van der Waals surface area contributed by atoms with Crippen LogP contribution in [0.4, 0.5) is 5.69 Å². The molecule has 0 saturated heterocycles. The standard InChI is InChI=1S/C18H21NO2/c1-18(2,3)14-8-10-15(11-9-14)19-17(20)13-6-5-7-16(12-13)21-4/h5-12H,1-4H3,(H,19,20). The molecule has 2 rings (SSSR count). The lowest BCUT2D eigenvalue weighted by Gasteiger charge is -2.19. The number of methoxy groups -OCH3 is 1. The molecule has 0 aromatic heterocycles. The van der Waals surface area contributed by atoms with Crippen LogP contribution in [0.1, 0.15) is 36.7 Å². The van der Waals surface area contributed by atoms with E-state index in [1.54, 1.807) is 25.3 Å². The largest absolute Gasteiger partial charge is 0.497 e. The maximum Gasteiger partial charge on any atom is 0.255 e. The Bertz CT molecular complexity index is 624. The molecule has 0 aliphatic carbocycles. The third-order valence-electron chi connectivity index (χ3n) is 3.34. The van der Waals surface area contributed by atoms with Gasteiger partial charge in [0.25, 0.3) is 5.91 Å². The zero-order valence-electron chi connectivity index (χ0n) is 12.9. The first-order valence-electron chi connectivity index (χ1n) is 6.96. The number of hydrogen-bond acceptors (Lipinski definition) is 2. The normalized spacial score (nSPS) is 11.0. The lowest BCUT2D eigenvalue weighted by atomic mass is 9.87. The molecular weight excluding hydrogens is 262 g/mol. The highest BCUT2D eigenvalue weighted by Crippen LogP contribution is 2.23. The van der Waals surface area contributed by atoms with Crippen molar-refractivity contribution < 1.29 is 9.53 Å². The fraction of sp³-hybridized carbons (Fsp3) is 0.278. The zero-order chi connectivity index (χ0) is 15.5. The van der Waals surface area contributed by atoms with Gasteiger partial charge in [-0.1, -0.05) is 39.0 Å². The average molecular weight is 283 g/mol. The summed E-state index contributed by atoms with van der Waals surface area (Å²) in [6.07, 6.45) is 0. The molecule has 2 aromatic rings. The number of benzene rings is 2. The highest BCUT2D eigenvalue weighted by Gasteiger charge is 2.13. The molecule has 1 N–H and O–H groups in total. The number of nitrogens with one attached hydrogen (secondary N) is 1. The second-order valence-electron chi connectivity index (χ2n) is 6.01. The van der Waals surface area contributed by atoms with Crippen molar-refractivity contribution >= 4 is 11.6 Å². The molecular formula is C18H21NO2. The van der Waals surface area contributed by atoms with Gasteiger partial charge in [-0.05, 0) is 41.3 Å². The predicted octanol–water partition coefficient (Wildman–Crippen LogP) is 4.25. The Labute approximate surface area is 126 Å². The van der Waals surface area contributed by atoms with E-state index >= 15 is 0 Å². The van der Waals surface area contributed by atoms with Crippen molar-refractivity contribution in [1.29, 1.82) is 0 Å². The van der Waals surface area contributed by atoms with E-state index in [0.29, 0.717) is 11.3 Å². The van der Waals surface area contributed by atoms with Crippen molar-refractivity contribution in [3.05, 3.63) is 59.7 Å². The summed E-state index contributed by atoms with van der Waals surface area (Å²) in [5, 5.41) is 2.89. The van der Waals surface area contributed by atoms with Crippen LogP contribution in [0.5, 0.6) is 5.75 Å². The van der Waals surface area contributed by atoms with Gasteiger partial charge in [-0.2, -0.15) is 0 Å². The SMILES string of the molecule is COc1cccc(C(=O)Nc2ccc(C(C)(C)C)cc2)c1. The number of hydrogen-bond donors (Lipinski definition) is 1. The van der Waals surface area contributed by atoms with Gasteiger partial charge in [0, 0.05) is 11.3 Å². The third kappa shape index (κ3) is 3.85. The summed E-state index contributed by atoms with van der Waals surface area (Å²) in [6, 6.07) is 15.0. The molecule has 3 nitrogen and oxygen atoms in total. The molecule has 0 unspecified atom stereocenters. The molecule has 2 aromatic carbocycles. The number of rotatable bonds is 3. The number of ether oxygens (including phenoxy) is 1. The highest BCUT2D eigenvalue weighted by atomic mass is 16.5. The molecule has 0 fully saturated rings. The Morgan fingerprint density at radius 1 is 1.05 bits per heavy atom. The van der Waals surface area contributed by atoms with Crippen molar-refractivity contribution in [2.24, 2.45) is 0 Å². The molecule has 0 heterocycles. The minimum Gasteiger partial charge on any atom is -0.497 e. The first-order chi connectivity index (χ1) is 9.90. The first kappa shape index (κ1) is 15.1. The van der Waals surface area contributed by atoms with E-state index in [0.717, 1.165) is 5.69 Å². The van der Waals surface area contributed by atoms with Gasteiger partial charge in [0.1, 0.15) is 5.75 Å². The predicted molar refractivity (Wildman–Crippen MR) is 86.1 cm³/mol. The minimum atomic E-state index is -0.141. The van der Waals surface area contributed by atoms with Gasteiger partial charge in [-0.25, -0.2) is 0 Å². The van der Waals surface area contributed by atoms with E-state index in [2.05, 4.69) is 26.1 Å². The van der Waals surface area contributed by atoms with Gasteiger partial charge in [-0.15, -0.1) is 0 Å². The maximum absolute atomic E-state index is 12.2. The van der Waals surface area contributed by atoms with Gasteiger partial charge in [0.15, 0.2) is 0 Å². The summed E-state index contributed by atoms with van der Waals surface area (Å²) < 4.78 is 5.13. The summed E-state index contributed by atoms with van der Waals surface area (Å²) >= 11 is 0. The van der Waals surface area contributed by atoms with Crippen LogP contribution in [0.25, 0.3) is 0 Å². The molecule has 0 aliphatic heterocycles. The van der Waals surface area contributed by atoms with Crippen molar-refractivity contribution in [1.82, 2.24) is 0 Å². The Morgan fingerprint density at radius 3 is 2.29 bits per heavy atom. The molecule has 0 spiro atoms. The fourth-order valence-electron chi connectivity index (χ4n) is 2.02. The molecule has 3 heteroatoms. The van der Waals surface area contributed by atoms with Crippen LogP contribution in [0.15, 0.2) is 48.5 Å². The summed E-state index contributed by atoms with van der Waals surface area (Å²) in [5.41, 5.74) is 2.71. The van der Waals surface area contributed by atoms with E-state index < -0.39 is 0 Å². The highest BCUT2D eigenvalue weighted by molar-refractivity contribution is 6.04. The second kappa shape index (κ2) is 6.00. The average Bonchev–Trinajstić information content (AvgIpc) is 2.47. The molecule has 0 atom stereocenters. The summed E-state index contributed by atoms with van der Waals surface area (Å²) in [4.78, 5) is 12.2. The van der Waals surface area contributed by atoms with E-state index in [4.69, 9.17) is 4.74 Å². The van der Waals surface area contributed by atoms with Crippen LogP contribution < -0.4 is 10.1 Å². The van der Waals surface area contributed by atoms with Crippen LogP contribution in [-0.4, -0.2) is 13.0 Å². The lowest BCUT2D eigenvalue weighted by Crippen LogP contribution is -2.13. The molecule has 21 heavy (non-hydrogen) atoms. The monoisotopic (exact) mass is 283 g/mol. The second-order valence-corrected chi connectivity index (χ2v) is 6.01. The smallest absolute Gasteiger partial charge is 0.255 e. The van der Waals surface area contributed by atoms with Gasteiger partial charge in [-0.3, -0.25) is 4.79 Å². The maximum atomic E-state index is 12.2.